The molecule has 0 saturated carbocycles. The largest absolute Gasteiger partial charge is 0.322 e. The van der Waals surface area contributed by atoms with Crippen LogP contribution in [0.1, 0.15) is 10.4 Å². The Labute approximate surface area is 159 Å². The minimum atomic E-state index is -3.89. The van der Waals surface area contributed by atoms with Gasteiger partial charge in [0.05, 0.1) is 9.82 Å². The first-order chi connectivity index (χ1) is 13.3. The Bertz CT molecular complexity index is 1120. The summed E-state index contributed by atoms with van der Waals surface area (Å²) in [5.74, 6) is -0.624. The molecule has 0 bridgehead atoms. The summed E-state index contributed by atoms with van der Waals surface area (Å²) in [6, 6.07) is 12.2. The van der Waals surface area contributed by atoms with Crippen LogP contribution in [0.15, 0.2) is 71.9 Å². The zero-order valence-corrected chi connectivity index (χ0v) is 15.0. The van der Waals surface area contributed by atoms with Gasteiger partial charge in [0.1, 0.15) is 0 Å². The Balaban J connectivity index is 1.73. The van der Waals surface area contributed by atoms with E-state index in [2.05, 4.69) is 20.0 Å². The van der Waals surface area contributed by atoms with Gasteiger partial charge < -0.3 is 5.32 Å². The second-order valence-electron chi connectivity index (χ2n) is 5.46. The lowest BCUT2D eigenvalue weighted by Crippen LogP contribution is -2.15. The van der Waals surface area contributed by atoms with E-state index in [9.17, 15) is 23.3 Å². The molecule has 28 heavy (non-hydrogen) atoms. The minimum Gasteiger partial charge on any atom is -0.322 e. The maximum atomic E-state index is 12.3. The first-order valence-corrected chi connectivity index (χ1v) is 9.29. The summed E-state index contributed by atoms with van der Waals surface area (Å²) in [5.41, 5.74) is 0.225. The number of nitro groups is 1. The van der Waals surface area contributed by atoms with Gasteiger partial charge in [-0.05, 0) is 36.4 Å². The normalized spacial score (nSPS) is 10.9. The van der Waals surface area contributed by atoms with Crippen molar-refractivity contribution in [2.75, 3.05) is 10.0 Å². The molecule has 10 nitrogen and oxygen atoms in total. The number of hydrogen-bond donors (Lipinski definition) is 2. The van der Waals surface area contributed by atoms with Gasteiger partial charge in [0.25, 0.3) is 21.6 Å². The van der Waals surface area contributed by atoms with Gasteiger partial charge >= 0.3 is 0 Å². The molecule has 0 spiro atoms. The van der Waals surface area contributed by atoms with E-state index < -0.39 is 20.9 Å². The number of benzene rings is 2. The fraction of sp³-hybridized carbons (Fsp3) is 0. The summed E-state index contributed by atoms with van der Waals surface area (Å²) >= 11 is 0. The number of nitro benzene ring substituents is 1. The number of hydrogen-bond acceptors (Lipinski definition) is 7. The van der Waals surface area contributed by atoms with Crippen molar-refractivity contribution in [1.29, 1.82) is 0 Å². The van der Waals surface area contributed by atoms with Crippen molar-refractivity contribution in [1.82, 2.24) is 9.97 Å². The summed E-state index contributed by atoms with van der Waals surface area (Å²) in [6.07, 6.45) is 2.80. The van der Waals surface area contributed by atoms with Crippen LogP contribution in [0, 0.1) is 10.1 Å². The van der Waals surface area contributed by atoms with Crippen LogP contribution in [0.5, 0.6) is 0 Å². The van der Waals surface area contributed by atoms with Gasteiger partial charge in [-0.3, -0.25) is 14.9 Å². The van der Waals surface area contributed by atoms with Crippen molar-refractivity contribution in [3.63, 3.8) is 0 Å². The molecule has 3 rings (SSSR count). The number of non-ortho nitro benzene ring substituents is 1. The highest BCUT2D eigenvalue weighted by Crippen LogP contribution is 2.18. The van der Waals surface area contributed by atoms with E-state index >= 15 is 0 Å². The summed E-state index contributed by atoms with van der Waals surface area (Å²) in [5, 5.41) is 13.3. The van der Waals surface area contributed by atoms with Crippen LogP contribution >= 0.6 is 0 Å². The van der Waals surface area contributed by atoms with Crippen LogP contribution in [-0.2, 0) is 10.0 Å². The van der Waals surface area contributed by atoms with Crippen LogP contribution in [-0.4, -0.2) is 29.2 Å². The summed E-state index contributed by atoms with van der Waals surface area (Å²) in [7, 11) is -3.89. The molecule has 11 heteroatoms. The van der Waals surface area contributed by atoms with Gasteiger partial charge in [0, 0.05) is 35.8 Å². The van der Waals surface area contributed by atoms with Crippen LogP contribution in [0.25, 0.3) is 0 Å². The molecule has 1 heterocycles. The fourth-order valence-electron chi connectivity index (χ4n) is 2.21. The lowest BCUT2D eigenvalue weighted by atomic mass is 10.2. The van der Waals surface area contributed by atoms with Crippen molar-refractivity contribution in [2.45, 2.75) is 4.90 Å². The number of sulfonamides is 1. The number of aromatic nitrogens is 2. The van der Waals surface area contributed by atoms with Crippen molar-refractivity contribution in [2.24, 2.45) is 0 Å². The highest BCUT2D eigenvalue weighted by molar-refractivity contribution is 7.92. The molecule has 0 radical (unpaired) electrons. The molecule has 3 aromatic rings. The predicted octanol–water partition coefficient (Wildman–Crippen LogP) is 2.44. The molecule has 1 amide bonds. The fourth-order valence-corrected chi connectivity index (χ4v) is 3.17. The van der Waals surface area contributed by atoms with Gasteiger partial charge in [-0.25, -0.2) is 23.1 Å². The van der Waals surface area contributed by atoms with E-state index in [1.807, 2.05) is 0 Å². The first kappa shape index (κ1) is 18.9. The predicted molar refractivity (Wildman–Crippen MR) is 100 cm³/mol. The average Bonchev–Trinajstić information content (AvgIpc) is 2.69. The molecular formula is C17H13N5O5S. The minimum absolute atomic E-state index is 0.0479. The number of amides is 1. The van der Waals surface area contributed by atoms with Crippen LogP contribution in [0.2, 0.25) is 0 Å². The van der Waals surface area contributed by atoms with Crippen molar-refractivity contribution < 1.29 is 18.1 Å². The highest BCUT2D eigenvalue weighted by atomic mass is 32.2. The molecule has 0 aliphatic carbocycles. The standard InChI is InChI=1S/C17H13N5O5S/c23-16(12-3-1-4-14(11-12)22(24)25)20-13-5-7-15(8-6-13)28(26,27)21-17-18-9-2-10-19-17/h1-11H,(H,20,23)(H,18,19,21). The third-order valence-electron chi connectivity index (χ3n) is 3.53. The average molecular weight is 399 g/mol. The molecule has 0 aliphatic rings. The molecule has 0 saturated heterocycles. The Kier molecular flexibility index (Phi) is 5.27. The number of carbonyl (C=O) groups is 1. The lowest BCUT2D eigenvalue weighted by Gasteiger charge is -2.08. The molecule has 1 aromatic heterocycles. The number of anilines is 2. The molecule has 2 aromatic carbocycles. The third-order valence-corrected chi connectivity index (χ3v) is 4.88. The molecule has 0 unspecified atom stereocenters. The first-order valence-electron chi connectivity index (χ1n) is 7.81. The van der Waals surface area contributed by atoms with E-state index in [1.165, 1.54) is 54.9 Å². The Morgan fingerprint density at radius 2 is 1.68 bits per heavy atom. The topological polar surface area (TPSA) is 144 Å². The van der Waals surface area contributed by atoms with Crippen molar-refractivity contribution in [3.8, 4) is 0 Å². The molecule has 0 atom stereocenters. The zero-order valence-electron chi connectivity index (χ0n) is 14.1. The Morgan fingerprint density at radius 3 is 2.32 bits per heavy atom. The molecule has 2 N–H and O–H groups in total. The monoisotopic (exact) mass is 399 g/mol. The summed E-state index contributed by atoms with van der Waals surface area (Å²) in [6.45, 7) is 0. The SMILES string of the molecule is O=C(Nc1ccc(S(=O)(=O)Nc2ncccn2)cc1)c1cccc([N+](=O)[O-])c1. The highest BCUT2D eigenvalue weighted by Gasteiger charge is 2.16. The number of nitrogens with zero attached hydrogens (tertiary/aromatic N) is 3. The third kappa shape index (κ3) is 4.45. The quantitative estimate of drug-likeness (QED) is 0.478. The van der Waals surface area contributed by atoms with E-state index in [4.69, 9.17) is 0 Å². The lowest BCUT2D eigenvalue weighted by molar-refractivity contribution is -0.384. The van der Waals surface area contributed by atoms with E-state index in [1.54, 1.807) is 6.07 Å². The maximum Gasteiger partial charge on any atom is 0.270 e. The number of carbonyl (C=O) groups excluding carboxylic acids is 1. The Morgan fingerprint density at radius 1 is 1.00 bits per heavy atom. The van der Waals surface area contributed by atoms with E-state index in [-0.39, 0.29) is 22.1 Å². The van der Waals surface area contributed by atoms with E-state index in [0.29, 0.717) is 5.69 Å². The van der Waals surface area contributed by atoms with Gasteiger partial charge in [0.2, 0.25) is 5.95 Å². The summed E-state index contributed by atoms with van der Waals surface area (Å²) < 4.78 is 26.9. The summed E-state index contributed by atoms with van der Waals surface area (Å²) in [4.78, 5) is 30.0. The smallest absolute Gasteiger partial charge is 0.270 e. The van der Waals surface area contributed by atoms with Gasteiger partial charge in [-0.15, -0.1) is 0 Å². The number of rotatable bonds is 6. The van der Waals surface area contributed by atoms with Gasteiger partial charge in [0.15, 0.2) is 0 Å². The molecule has 0 fully saturated rings. The Hall–Kier alpha value is -3.86. The van der Waals surface area contributed by atoms with E-state index in [0.717, 1.165) is 6.07 Å². The van der Waals surface area contributed by atoms with Gasteiger partial charge in [-0.1, -0.05) is 6.07 Å². The van der Waals surface area contributed by atoms with Crippen LogP contribution in [0.3, 0.4) is 0 Å². The second-order valence-corrected chi connectivity index (χ2v) is 7.15. The number of nitrogens with one attached hydrogen (secondary N) is 2. The van der Waals surface area contributed by atoms with Gasteiger partial charge in [-0.2, -0.15) is 0 Å². The molecule has 142 valence electrons. The zero-order chi connectivity index (χ0) is 20.1. The molecule has 0 aliphatic heterocycles. The van der Waals surface area contributed by atoms with Crippen LogP contribution < -0.4 is 10.0 Å². The van der Waals surface area contributed by atoms with Crippen LogP contribution in [0.4, 0.5) is 17.3 Å². The molecular weight excluding hydrogens is 386 g/mol. The maximum absolute atomic E-state index is 12.3. The van der Waals surface area contributed by atoms with Crippen molar-refractivity contribution >= 4 is 33.3 Å². The second kappa shape index (κ2) is 7.80. The van der Waals surface area contributed by atoms with Crippen molar-refractivity contribution in [3.05, 3.63) is 82.7 Å².